The summed E-state index contributed by atoms with van der Waals surface area (Å²) in [5.41, 5.74) is 0. The first kappa shape index (κ1) is 16.0. The SMILES string of the molecule is CCn1ccnc1[C@H]1OCC[C@@H]1NC(=O)CCC(C)OC. The van der Waals surface area contributed by atoms with E-state index in [1.165, 1.54) is 0 Å². The molecule has 1 saturated heterocycles. The van der Waals surface area contributed by atoms with Crippen LogP contribution in [0.2, 0.25) is 0 Å². The first-order chi connectivity index (χ1) is 10.2. The van der Waals surface area contributed by atoms with Crippen molar-refractivity contribution in [3.05, 3.63) is 18.2 Å². The van der Waals surface area contributed by atoms with Crippen molar-refractivity contribution in [2.24, 2.45) is 0 Å². The van der Waals surface area contributed by atoms with Crippen LogP contribution in [0, 0.1) is 0 Å². The Hall–Kier alpha value is -1.40. The molecule has 0 saturated carbocycles. The van der Waals surface area contributed by atoms with Crippen LogP contribution in [0.1, 0.15) is 45.0 Å². The molecule has 2 heterocycles. The van der Waals surface area contributed by atoms with Gasteiger partial charge in [-0.1, -0.05) is 0 Å². The summed E-state index contributed by atoms with van der Waals surface area (Å²) in [6.07, 6.45) is 5.70. The number of carbonyl (C=O) groups is 1. The molecule has 1 aliphatic rings. The van der Waals surface area contributed by atoms with E-state index in [9.17, 15) is 4.79 Å². The highest BCUT2D eigenvalue weighted by atomic mass is 16.5. The molecule has 1 aliphatic heterocycles. The van der Waals surface area contributed by atoms with Gasteiger partial charge in [-0.2, -0.15) is 0 Å². The summed E-state index contributed by atoms with van der Waals surface area (Å²) < 4.78 is 13.0. The molecule has 118 valence electrons. The standard InChI is InChI=1S/C15H25N3O3/c1-4-18-9-8-16-15(18)14-12(7-10-21-14)17-13(19)6-5-11(2)20-3/h8-9,11-12,14H,4-7,10H2,1-3H3,(H,17,19)/t11?,12-,14-/m0/s1. The molecule has 1 aromatic heterocycles. The van der Waals surface area contributed by atoms with Crippen molar-refractivity contribution in [1.29, 1.82) is 0 Å². The van der Waals surface area contributed by atoms with Crippen molar-refractivity contribution in [3.63, 3.8) is 0 Å². The Morgan fingerprint density at radius 1 is 1.67 bits per heavy atom. The highest BCUT2D eigenvalue weighted by Gasteiger charge is 2.33. The lowest BCUT2D eigenvalue weighted by atomic mass is 10.1. The fourth-order valence-corrected chi connectivity index (χ4v) is 2.57. The van der Waals surface area contributed by atoms with Crippen molar-refractivity contribution in [3.8, 4) is 0 Å². The number of hydrogen-bond acceptors (Lipinski definition) is 4. The van der Waals surface area contributed by atoms with Crippen molar-refractivity contribution in [2.75, 3.05) is 13.7 Å². The van der Waals surface area contributed by atoms with E-state index in [0.29, 0.717) is 13.0 Å². The minimum Gasteiger partial charge on any atom is -0.382 e. The van der Waals surface area contributed by atoms with Crippen molar-refractivity contribution in [1.82, 2.24) is 14.9 Å². The second kappa shape index (κ2) is 7.56. The molecule has 1 aromatic rings. The van der Waals surface area contributed by atoms with Crippen LogP contribution in [0.3, 0.4) is 0 Å². The van der Waals surface area contributed by atoms with Crippen LogP contribution < -0.4 is 5.32 Å². The zero-order chi connectivity index (χ0) is 15.2. The second-order valence-electron chi connectivity index (χ2n) is 5.41. The van der Waals surface area contributed by atoms with Gasteiger partial charge in [0.15, 0.2) is 0 Å². The molecule has 3 atom stereocenters. The van der Waals surface area contributed by atoms with Gasteiger partial charge in [0, 0.05) is 39.1 Å². The summed E-state index contributed by atoms with van der Waals surface area (Å²) in [5.74, 6) is 0.944. The smallest absolute Gasteiger partial charge is 0.220 e. The maximum Gasteiger partial charge on any atom is 0.220 e. The van der Waals surface area contributed by atoms with Crippen LogP contribution in [0.15, 0.2) is 12.4 Å². The molecule has 0 aliphatic carbocycles. The zero-order valence-corrected chi connectivity index (χ0v) is 13.0. The minimum absolute atomic E-state index is 0.00283. The normalized spacial score (nSPS) is 23.2. The predicted octanol–water partition coefficient (Wildman–Crippen LogP) is 1.66. The first-order valence-corrected chi connectivity index (χ1v) is 7.60. The molecule has 0 aromatic carbocycles. The Bertz CT molecular complexity index is 461. The van der Waals surface area contributed by atoms with Crippen LogP contribution in [0.5, 0.6) is 0 Å². The molecule has 0 spiro atoms. The van der Waals surface area contributed by atoms with E-state index in [-0.39, 0.29) is 24.2 Å². The fraction of sp³-hybridized carbons (Fsp3) is 0.733. The number of amides is 1. The molecule has 0 bridgehead atoms. The van der Waals surface area contributed by atoms with Crippen molar-refractivity contribution < 1.29 is 14.3 Å². The van der Waals surface area contributed by atoms with Gasteiger partial charge >= 0.3 is 0 Å². The molecule has 6 heteroatoms. The largest absolute Gasteiger partial charge is 0.382 e. The lowest BCUT2D eigenvalue weighted by Gasteiger charge is -2.20. The van der Waals surface area contributed by atoms with Gasteiger partial charge < -0.3 is 19.4 Å². The monoisotopic (exact) mass is 295 g/mol. The Labute approximate surface area is 125 Å². The highest BCUT2D eigenvalue weighted by Crippen LogP contribution is 2.28. The summed E-state index contributed by atoms with van der Waals surface area (Å²) in [6, 6.07) is 0.00283. The third-order valence-corrected chi connectivity index (χ3v) is 3.96. The lowest BCUT2D eigenvalue weighted by Crippen LogP contribution is -2.37. The number of imidazole rings is 1. The second-order valence-corrected chi connectivity index (χ2v) is 5.41. The number of hydrogen-bond donors (Lipinski definition) is 1. The van der Waals surface area contributed by atoms with Crippen LogP contribution >= 0.6 is 0 Å². The van der Waals surface area contributed by atoms with E-state index in [1.807, 2.05) is 13.1 Å². The Morgan fingerprint density at radius 2 is 2.48 bits per heavy atom. The van der Waals surface area contributed by atoms with Crippen LogP contribution in [-0.2, 0) is 20.8 Å². The predicted molar refractivity (Wildman–Crippen MR) is 78.8 cm³/mol. The van der Waals surface area contributed by atoms with Gasteiger partial charge in [-0.25, -0.2) is 4.98 Å². The van der Waals surface area contributed by atoms with Crippen LogP contribution in [0.4, 0.5) is 0 Å². The number of nitrogens with one attached hydrogen (secondary N) is 1. The Balaban J connectivity index is 1.92. The van der Waals surface area contributed by atoms with Gasteiger partial charge in [-0.15, -0.1) is 0 Å². The molecule has 1 unspecified atom stereocenters. The maximum atomic E-state index is 12.0. The number of nitrogens with zero attached hydrogens (tertiary/aromatic N) is 2. The summed E-state index contributed by atoms with van der Waals surface area (Å²) >= 11 is 0. The third kappa shape index (κ3) is 4.04. The number of carbonyl (C=O) groups excluding carboxylic acids is 1. The third-order valence-electron chi connectivity index (χ3n) is 3.96. The number of aryl methyl sites for hydroxylation is 1. The summed E-state index contributed by atoms with van der Waals surface area (Å²) in [7, 11) is 1.66. The first-order valence-electron chi connectivity index (χ1n) is 7.60. The van der Waals surface area contributed by atoms with Crippen LogP contribution in [0.25, 0.3) is 0 Å². The van der Waals surface area contributed by atoms with Crippen molar-refractivity contribution >= 4 is 5.91 Å². The maximum absolute atomic E-state index is 12.0. The lowest BCUT2D eigenvalue weighted by molar-refractivity contribution is -0.122. The fourth-order valence-electron chi connectivity index (χ4n) is 2.57. The van der Waals surface area contributed by atoms with Gasteiger partial charge in [-0.3, -0.25) is 4.79 Å². The van der Waals surface area contributed by atoms with E-state index in [1.54, 1.807) is 13.3 Å². The number of methoxy groups -OCH3 is 1. The van der Waals surface area contributed by atoms with Gasteiger partial charge in [0.05, 0.1) is 12.1 Å². The molecule has 1 fully saturated rings. The average molecular weight is 295 g/mol. The molecule has 1 N–H and O–H groups in total. The van der Waals surface area contributed by atoms with E-state index < -0.39 is 0 Å². The number of aromatic nitrogens is 2. The molecule has 0 radical (unpaired) electrons. The molecule has 21 heavy (non-hydrogen) atoms. The molecular formula is C15H25N3O3. The van der Waals surface area contributed by atoms with Crippen LogP contribution in [-0.4, -0.2) is 41.3 Å². The van der Waals surface area contributed by atoms with Gasteiger partial charge in [0.2, 0.25) is 5.91 Å². The number of ether oxygens (including phenoxy) is 2. The van der Waals surface area contributed by atoms with E-state index in [4.69, 9.17) is 9.47 Å². The number of rotatable bonds is 7. The molecule has 1 amide bonds. The van der Waals surface area contributed by atoms with Gasteiger partial charge in [0.25, 0.3) is 0 Å². The topological polar surface area (TPSA) is 65.4 Å². The quantitative estimate of drug-likeness (QED) is 0.831. The van der Waals surface area contributed by atoms with Gasteiger partial charge in [-0.05, 0) is 26.7 Å². The molecular weight excluding hydrogens is 270 g/mol. The van der Waals surface area contributed by atoms with Crippen molar-refractivity contribution in [2.45, 2.75) is 57.9 Å². The van der Waals surface area contributed by atoms with Gasteiger partial charge in [0.1, 0.15) is 11.9 Å². The Morgan fingerprint density at radius 3 is 3.19 bits per heavy atom. The highest BCUT2D eigenvalue weighted by molar-refractivity contribution is 5.76. The Kier molecular flexibility index (Phi) is 5.76. The summed E-state index contributed by atoms with van der Waals surface area (Å²) in [4.78, 5) is 16.4. The zero-order valence-electron chi connectivity index (χ0n) is 13.0. The van der Waals surface area contributed by atoms with E-state index >= 15 is 0 Å². The summed E-state index contributed by atoms with van der Waals surface area (Å²) in [6.45, 7) is 5.54. The van der Waals surface area contributed by atoms with E-state index in [0.717, 1.165) is 25.2 Å². The molecule has 6 nitrogen and oxygen atoms in total. The van der Waals surface area contributed by atoms with E-state index in [2.05, 4.69) is 21.8 Å². The molecule has 2 rings (SSSR count). The summed E-state index contributed by atoms with van der Waals surface area (Å²) in [5, 5.41) is 3.08. The average Bonchev–Trinajstić information content (AvgIpc) is 3.12. The minimum atomic E-state index is -0.149.